The topological polar surface area (TPSA) is 42.0 Å². The highest BCUT2D eigenvalue weighted by Crippen LogP contribution is 2.47. The molecule has 5 rings (SSSR count). The molecular formula is C28H33N2O3P. The summed E-state index contributed by atoms with van der Waals surface area (Å²) in [6.07, 6.45) is 2.27. The smallest absolute Gasteiger partial charge is 0.173 e. The summed E-state index contributed by atoms with van der Waals surface area (Å²) in [5.41, 5.74) is 0.971. The van der Waals surface area contributed by atoms with E-state index in [1.165, 1.54) is 6.42 Å². The number of methoxy groups -OCH3 is 1. The van der Waals surface area contributed by atoms with Crippen molar-refractivity contribution < 1.29 is 14.0 Å². The molecule has 0 radical (unpaired) electrons. The second kappa shape index (κ2) is 10.4. The molecule has 2 saturated heterocycles. The number of piperidine rings is 1. The van der Waals surface area contributed by atoms with Gasteiger partial charge in [-0.25, -0.2) is 0 Å². The molecule has 2 heterocycles. The molecule has 2 fully saturated rings. The van der Waals surface area contributed by atoms with E-state index >= 15 is 4.57 Å². The van der Waals surface area contributed by atoms with Gasteiger partial charge in [0.15, 0.2) is 7.14 Å². The van der Waals surface area contributed by atoms with Gasteiger partial charge in [0.25, 0.3) is 0 Å². The first-order valence-electron chi connectivity index (χ1n) is 12.2. The Morgan fingerprint density at radius 2 is 1.50 bits per heavy atom. The van der Waals surface area contributed by atoms with Crippen LogP contribution in [0.2, 0.25) is 0 Å². The zero-order chi connectivity index (χ0) is 23.4. The molecule has 5 nitrogen and oxygen atoms in total. The Labute approximate surface area is 202 Å². The molecule has 178 valence electrons. The van der Waals surface area contributed by atoms with Crippen molar-refractivity contribution in [1.29, 1.82) is 0 Å². The van der Waals surface area contributed by atoms with Crippen LogP contribution in [0.4, 0.5) is 5.69 Å². The second-order valence-electron chi connectivity index (χ2n) is 9.00. The van der Waals surface area contributed by atoms with E-state index in [-0.39, 0.29) is 0 Å². The number of morpholine rings is 1. The lowest BCUT2D eigenvalue weighted by atomic mass is 10.0. The maximum absolute atomic E-state index is 15.2. The van der Waals surface area contributed by atoms with Gasteiger partial charge in [-0.15, -0.1) is 0 Å². The molecule has 0 spiro atoms. The van der Waals surface area contributed by atoms with Gasteiger partial charge in [0, 0.05) is 48.1 Å². The summed E-state index contributed by atoms with van der Waals surface area (Å²) in [6.45, 7) is 5.38. The summed E-state index contributed by atoms with van der Waals surface area (Å²) >= 11 is 0. The van der Waals surface area contributed by atoms with Crippen LogP contribution in [0, 0.1) is 0 Å². The number of nitrogens with zero attached hydrogens (tertiary/aromatic N) is 2. The van der Waals surface area contributed by atoms with Gasteiger partial charge in [0.2, 0.25) is 0 Å². The maximum atomic E-state index is 15.2. The van der Waals surface area contributed by atoms with Crippen molar-refractivity contribution in [3.05, 3.63) is 78.9 Å². The van der Waals surface area contributed by atoms with Gasteiger partial charge in [0.1, 0.15) is 5.75 Å². The third-order valence-corrected chi connectivity index (χ3v) is 10.1. The minimum atomic E-state index is -3.13. The normalized spacial score (nSPS) is 19.7. The van der Waals surface area contributed by atoms with Crippen molar-refractivity contribution in [3.63, 3.8) is 0 Å². The van der Waals surface area contributed by atoms with Crippen LogP contribution in [-0.4, -0.2) is 57.4 Å². The third-order valence-electron chi connectivity index (χ3n) is 7.05. The Balaban J connectivity index is 1.63. The number of rotatable bonds is 6. The summed E-state index contributed by atoms with van der Waals surface area (Å²) in [7, 11) is -1.42. The average Bonchev–Trinajstić information content (AvgIpc) is 2.93. The molecule has 0 amide bonds. The molecule has 0 bridgehead atoms. The SMILES string of the molecule is COc1cccc(P(=O)(c2ccccc2)c2ccccc2)c1N1CCC[C@@H](N2CCOCC2)C1. The van der Waals surface area contributed by atoms with E-state index in [1.54, 1.807) is 7.11 Å². The lowest BCUT2D eigenvalue weighted by Crippen LogP contribution is -2.52. The van der Waals surface area contributed by atoms with E-state index in [4.69, 9.17) is 9.47 Å². The van der Waals surface area contributed by atoms with Crippen molar-refractivity contribution in [2.75, 3.05) is 51.4 Å². The van der Waals surface area contributed by atoms with Crippen LogP contribution in [0.3, 0.4) is 0 Å². The fraction of sp³-hybridized carbons (Fsp3) is 0.357. The summed E-state index contributed by atoms with van der Waals surface area (Å²) in [5, 5.41) is 2.54. The number of hydrogen-bond acceptors (Lipinski definition) is 5. The van der Waals surface area contributed by atoms with Gasteiger partial charge in [-0.1, -0.05) is 66.7 Å². The van der Waals surface area contributed by atoms with Crippen LogP contribution in [0.1, 0.15) is 12.8 Å². The summed E-state index contributed by atoms with van der Waals surface area (Å²) < 4.78 is 26.7. The van der Waals surface area contributed by atoms with Crippen molar-refractivity contribution in [2.45, 2.75) is 18.9 Å². The van der Waals surface area contributed by atoms with Gasteiger partial charge in [-0.05, 0) is 25.0 Å². The van der Waals surface area contributed by atoms with Crippen LogP contribution in [0.15, 0.2) is 78.9 Å². The van der Waals surface area contributed by atoms with Gasteiger partial charge in [-0.2, -0.15) is 0 Å². The molecule has 0 saturated carbocycles. The summed E-state index contributed by atoms with van der Waals surface area (Å²) in [6, 6.07) is 26.3. The number of hydrogen-bond donors (Lipinski definition) is 0. The van der Waals surface area contributed by atoms with Gasteiger partial charge in [0.05, 0.1) is 26.0 Å². The predicted molar refractivity (Wildman–Crippen MR) is 140 cm³/mol. The van der Waals surface area contributed by atoms with Gasteiger partial charge < -0.3 is 18.9 Å². The van der Waals surface area contributed by atoms with Crippen molar-refractivity contribution >= 4 is 28.7 Å². The number of ether oxygens (including phenoxy) is 2. The molecule has 0 aromatic heterocycles. The first-order chi connectivity index (χ1) is 16.7. The fourth-order valence-electron chi connectivity index (χ4n) is 5.35. The summed E-state index contributed by atoms with van der Waals surface area (Å²) in [5.74, 6) is 0.784. The van der Waals surface area contributed by atoms with Crippen LogP contribution < -0.4 is 25.6 Å². The largest absolute Gasteiger partial charge is 0.495 e. The molecule has 2 aliphatic rings. The first-order valence-corrected chi connectivity index (χ1v) is 13.9. The van der Waals surface area contributed by atoms with Crippen LogP contribution >= 0.6 is 7.14 Å². The van der Waals surface area contributed by atoms with E-state index in [0.29, 0.717) is 6.04 Å². The fourth-order valence-corrected chi connectivity index (χ4v) is 8.23. The van der Waals surface area contributed by atoms with E-state index in [2.05, 4.69) is 9.80 Å². The maximum Gasteiger partial charge on any atom is 0.173 e. The highest BCUT2D eigenvalue weighted by Gasteiger charge is 2.36. The van der Waals surface area contributed by atoms with Gasteiger partial charge >= 0.3 is 0 Å². The van der Waals surface area contributed by atoms with Crippen LogP contribution in [0.25, 0.3) is 0 Å². The van der Waals surface area contributed by atoms with E-state index < -0.39 is 7.14 Å². The minimum Gasteiger partial charge on any atom is -0.495 e. The highest BCUT2D eigenvalue weighted by atomic mass is 31.2. The van der Waals surface area contributed by atoms with Crippen LogP contribution in [-0.2, 0) is 9.30 Å². The van der Waals surface area contributed by atoms with Crippen molar-refractivity contribution in [1.82, 2.24) is 4.90 Å². The van der Waals surface area contributed by atoms with Crippen molar-refractivity contribution in [3.8, 4) is 5.75 Å². The summed E-state index contributed by atoms with van der Waals surface area (Å²) in [4.78, 5) is 4.97. The molecule has 0 unspecified atom stereocenters. The zero-order valence-corrected chi connectivity index (χ0v) is 20.7. The Bertz CT molecular complexity index is 1090. The first kappa shape index (κ1) is 23.2. The van der Waals surface area contributed by atoms with E-state index in [9.17, 15) is 0 Å². The number of para-hydroxylation sites is 1. The molecule has 1 atom stereocenters. The lowest BCUT2D eigenvalue weighted by molar-refractivity contribution is 0.0137. The van der Waals surface area contributed by atoms with Gasteiger partial charge in [-0.3, -0.25) is 4.90 Å². The predicted octanol–water partition coefficient (Wildman–Crippen LogP) is 3.64. The number of benzene rings is 3. The molecule has 3 aromatic carbocycles. The number of anilines is 1. The Kier molecular flexibility index (Phi) is 7.05. The van der Waals surface area contributed by atoms with Crippen molar-refractivity contribution in [2.24, 2.45) is 0 Å². The molecule has 3 aromatic rings. The Hall–Kier alpha value is -2.59. The molecule has 0 N–H and O–H groups in total. The third kappa shape index (κ3) is 4.40. The highest BCUT2D eigenvalue weighted by molar-refractivity contribution is 7.85. The second-order valence-corrected chi connectivity index (χ2v) is 11.7. The zero-order valence-electron chi connectivity index (χ0n) is 19.8. The van der Waals surface area contributed by atoms with E-state index in [0.717, 1.165) is 73.2 Å². The molecule has 2 aliphatic heterocycles. The van der Waals surface area contributed by atoms with Crippen LogP contribution in [0.5, 0.6) is 5.75 Å². The molecule has 34 heavy (non-hydrogen) atoms. The standard InChI is InChI=1S/C28H33N2O3P/c1-32-26-15-8-16-27(28(26)30-17-9-10-23(22-30)29-18-20-33-21-19-29)34(31,24-11-4-2-5-12-24)25-13-6-3-7-14-25/h2-8,11-16,23H,9-10,17-22H2,1H3/t23-/m1/s1. The molecule has 6 heteroatoms. The minimum absolute atomic E-state index is 0.461. The molecular weight excluding hydrogens is 443 g/mol. The Morgan fingerprint density at radius 1 is 0.853 bits per heavy atom. The lowest BCUT2D eigenvalue weighted by Gasteiger charge is -2.42. The average molecular weight is 477 g/mol. The monoisotopic (exact) mass is 476 g/mol. The molecule has 0 aliphatic carbocycles. The quantitative estimate of drug-likeness (QED) is 0.509. The van der Waals surface area contributed by atoms with E-state index in [1.807, 2.05) is 78.9 Å². The Morgan fingerprint density at radius 3 is 2.12 bits per heavy atom.